The van der Waals surface area contributed by atoms with Gasteiger partial charge >= 0.3 is 5.97 Å². The van der Waals surface area contributed by atoms with E-state index in [1.807, 2.05) is 0 Å². The molecule has 0 aliphatic carbocycles. The Bertz CT molecular complexity index is 757. The van der Waals surface area contributed by atoms with E-state index in [1.165, 1.54) is 43.5 Å². The number of anilines is 1. The average Bonchev–Trinajstić information content (AvgIpc) is 2.60. The van der Waals surface area contributed by atoms with Gasteiger partial charge in [0.05, 0.1) is 17.6 Å². The van der Waals surface area contributed by atoms with E-state index in [2.05, 4.69) is 5.32 Å². The van der Waals surface area contributed by atoms with Crippen molar-refractivity contribution in [2.45, 2.75) is 0 Å². The summed E-state index contributed by atoms with van der Waals surface area (Å²) >= 11 is 0. The second kappa shape index (κ2) is 7.73. The largest absolute Gasteiger partial charge is 0.497 e. The molecule has 2 aromatic rings. The van der Waals surface area contributed by atoms with Gasteiger partial charge in [-0.3, -0.25) is 14.9 Å². The van der Waals surface area contributed by atoms with E-state index in [9.17, 15) is 19.7 Å². The monoisotopic (exact) mass is 330 g/mol. The van der Waals surface area contributed by atoms with Gasteiger partial charge in [-0.25, -0.2) is 4.79 Å². The first kappa shape index (κ1) is 16.9. The van der Waals surface area contributed by atoms with Crippen molar-refractivity contribution >= 4 is 23.3 Å². The molecule has 0 unspecified atom stereocenters. The molecule has 2 rings (SSSR count). The van der Waals surface area contributed by atoms with E-state index in [0.717, 1.165) is 0 Å². The number of nitrogens with zero attached hydrogens (tertiary/aromatic N) is 1. The maximum atomic E-state index is 11.8. The molecule has 0 spiro atoms. The van der Waals surface area contributed by atoms with Gasteiger partial charge in [0.15, 0.2) is 6.61 Å². The van der Waals surface area contributed by atoms with Gasteiger partial charge in [-0.2, -0.15) is 0 Å². The SMILES string of the molecule is COc1ccc(C(=O)OCC(=O)Nc2cccc([N+](=O)[O-])c2)cc1. The number of nitro groups is 1. The molecular weight excluding hydrogens is 316 g/mol. The standard InChI is InChI=1S/C16H14N2O6/c1-23-14-7-5-11(6-8-14)16(20)24-10-15(19)17-12-3-2-4-13(9-12)18(21)22/h2-9H,10H2,1H3,(H,17,19). The Morgan fingerprint density at radius 1 is 1.17 bits per heavy atom. The third-order valence-corrected chi connectivity index (χ3v) is 3.00. The molecule has 0 heterocycles. The van der Waals surface area contributed by atoms with E-state index in [1.54, 1.807) is 12.1 Å². The highest BCUT2D eigenvalue weighted by molar-refractivity contribution is 5.95. The lowest BCUT2D eigenvalue weighted by Gasteiger charge is -2.07. The molecule has 0 saturated carbocycles. The van der Waals surface area contributed by atoms with Crippen molar-refractivity contribution in [1.29, 1.82) is 0 Å². The molecule has 2 aromatic carbocycles. The number of carbonyl (C=O) groups excluding carboxylic acids is 2. The molecule has 0 aliphatic rings. The Morgan fingerprint density at radius 3 is 2.50 bits per heavy atom. The molecule has 1 N–H and O–H groups in total. The minimum atomic E-state index is -0.660. The molecule has 0 aliphatic heterocycles. The molecule has 8 heteroatoms. The lowest BCUT2D eigenvalue weighted by molar-refractivity contribution is -0.384. The van der Waals surface area contributed by atoms with Crippen LogP contribution in [0.1, 0.15) is 10.4 Å². The van der Waals surface area contributed by atoms with Gasteiger partial charge in [0, 0.05) is 17.8 Å². The summed E-state index contributed by atoms with van der Waals surface area (Å²) < 4.78 is 9.86. The van der Waals surface area contributed by atoms with Crippen LogP contribution >= 0.6 is 0 Å². The third-order valence-electron chi connectivity index (χ3n) is 3.00. The van der Waals surface area contributed by atoms with Crippen LogP contribution in [-0.2, 0) is 9.53 Å². The van der Waals surface area contributed by atoms with Crippen LogP contribution in [0.3, 0.4) is 0 Å². The van der Waals surface area contributed by atoms with Crippen molar-refractivity contribution in [2.24, 2.45) is 0 Å². The maximum Gasteiger partial charge on any atom is 0.338 e. The first-order chi connectivity index (χ1) is 11.5. The average molecular weight is 330 g/mol. The smallest absolute Gasteiger partial charge is 0.338 e. The third kappa shape index (κ3) is 4.54. The van der Waals surface area contributed by atoms with Crippen LogP contribution in [0.5, 0.6) is 5.75 Å². The summed E-state index contributed by atoms with van der Waals surface area (Å²) in [5, 5.41) is 13.1. The number of carbonyl (C=O) groups is 2. The summed E-state index contributed by atoms with van der Waals surface area (Å²) in [4.78, 5) is 33.7. The summed E-state index contributed by atoms with van der Waals surface area (Å²) in [5.41, 5.74) is 0.372. The summed E-state index contributed by atoms with van der Waals surface area (Å²) in [7, 11) is 1.51. The lowest BCUT2D eigenvalue weighted by atomic mass is 10.2. The molecule has 24 heavy (non-hydrogen) atoms. The first-order valence-electron chi connectivity index (χ1n) is 6.85. The summed E-state index contributed by atoms with van der Waals surface area (Å²) in [6.45, 7) is -0.506. The zero-order chi connectivity index (χ0) is 17.5. The number of ether oxygens (including phenoxy) is 2. The van der Waals surface area contributed by atoms with Gasteiger partial charge in [-0.15, -0.1) is 0 Å². The molecule has 0 saturated heterocycles. The molecular formula is C16H14N2O6. The number of rotatable bonds is 6. The number of esters is 1. The highest BCUT2D eigenvalue weighted by atomic mass is 16.6. The molecule has 124 valence electrons. The highest BCUT2D eigenvalue weighted by Crippen LogP contribution is 2.17. The van der Waals surface area contributed by atoms with Crippen molar-refractivity contribution in [2.75, 3.05) is 19.0 Å². The zero-order valence-corrected chi connectivity index (χ0v) is 12.7. The van der Waals surface area contributed by atoms with Crippen LogP contribution < -0.4 is 10.1 Å². The molecule has 8 nitrogen and oxygen atoms in total. The van der Waals surface area contributed by atoms with Gasteiger partial charge < -0.3 is 14.8 Å². The molecule has 0 fully saturated rings. The quantitative estimate of drug-likeness (QED) is 0.495. The Hall–Kier alpha value is -3.42. The van der Waals surface area contributed by atoms with Crippen molar-refractivity contribution < 1.29 is 24.0 Å². The van der Waals surface area contributed by atoms with E-state index < -0.39 is 23.4 Å². The fourth-order valence-corrected chi connectivity index (χ4v) is 1.84. The van der Waals surface area contributed by atoms with E-state index in [0.29, 0.717) is 5.75 Å². The Kier molecular flexibility index (Phi) is 5.45. The van der Waals surface area contributed by atoms with Crippen LogP contribution in [0.15, 0.2) is 48.5 Å². The number of methoxy groups -OCH3 is 1. The molecule has 0 radical (unpaired) electrons. The van der Waals surface area contributed by atoms with Gasteiger partial charge in [0.1, 0.15) is 5.75 Å². The van der Waals surface area contributed by atoms with Crippen LogP contribution in [0.25, 0.3) is 0 Å². The number of benzene rings is 2. The predicted octanol–water partition coefficient (Wildman–Crippen LogP) is 2.40. The number of hydrogen-bond donors (Lipinski definition) is 1. The fourth-order valence-electron chi connectivity index (χ4n) is 1.84. The number of hydrogen-bond acceptors (Lipinski definition) is 6. The Labute approximate surface area is 137 Å². The van der Waals surface area contributed by atoms with Crippen molar-refractivity contribution in [3.05, 3.63) is 64.2 Å². The molecule has 0 aromatic heterocycles. The Balaban J connectivity index is 1.89. The zero-order valence-electron chi connectivity index (χ0n) is 12.7. The van der Waals surface area contributed by atoms with E-state index in [4.69, 9.17) is 9.47 Å². The van der Waals surface area contributed by atoms with Crippen LogP contribution in [0.2, 0.25) is 0 Å². The highest BCUT2D eigenvalue weighted by Gasteiger charge is 2.12. The van der Waals surface area contributed by atoms with Gasteiger partial charge in [0.2, 0.25) is 0 Å². The van der Waals surface area contributed by atoms with E-state index in [-0.39, 0.29) is 16.9 Å². The fraction of sp³-hybridized carbons (Fsp3) is 0.125. The molecule has 0 atom stereocenters. The maximum absolute atomic E-state index is 11.8. The minimum absolute atomic E-state index is 0.150. The number of amides is 1. The number of non-ortho nitro benzene ring substituents is 1. The van der Waals surface area contributed by atoms with Crippen LogP contribution in [0, 0.1) is 10.1 Å². The Morgan fingerprint density at radius 2 is 1.88 bits per heavy atom. The number of nitro benzene ring substituents is 1. The van der Waals surface area contributed by atoms with Crippen molar-refractivity contribution in [1.82, 2.24) is 0 Å². The van der Waals surface area contributed by atoms with Crippen LogP contribution in [-0.4, -0.2) is 30.5 Å². The predicted molar refractivity (Wildman–Crippen MR) is 85.0 cm³/mol. The summed E-state index contributed by atoms with van der Waals surface area (Å²) in [6, 6.07) is 11.7. The summed E-state index contributed by atoms with van der Waals surface area (Å²) in [5.74, 6) is -0.667. The first-order valence-corrected chi connectivity index (χ1v) is 6.85. The topological polar surface area (TPSA) is 108 Å². The normalized spacial score (nSPS) is 9.88. The van der Waals surface area contributed by atoms with Crippen LogP contribution in [0.4, 0.5) is 11.4 Å². The van der Waals surface area contributed by atoms with Gasteiger partial charge in [-0.05, 0) is 30.3 Å². The molecule has 1 amide bonds. The van der Waals surface area contributed by atoms with E-state index >= 15 is 0 Å². The van der Waals surface area contributed by atoms with Crippen molar-refractivity contribution in [3.63, 3.8) is 0 Å². The second-order valence-electron chi connectivity index (χ2n) is 4.66. The number of nitrogens with one attached hydrogen (secondary N) is 1. The van der Waals surface area contributed by atoms with Gasteiger partial charge in [0.25, 0.3) is 11.6 Å². The van der Waals surface area contributed by atoms with Gasteiger partial charge in [-0.1, -0.05) is 6.07 Å². The minimum Gasteiger partial charge on any atom is -0.497 e. The second-order valence-corrected chi connectivity index (χ2v) is 4.66. The summed E-state index contributed by atoms with van der Waals surface area (Å²) in [6.07, 6.45) is 0. The van der Waals surface area contributed by atoms with Crippen molar-refractivity contribution in [3.8, 4) is 5.75 Å². The molecule has 0 bridgehead atoms. The lowest BCUT2D eigenvalue weighted by Crippen LogP contribution is -2.20.